The summed E-state index contributed by atoms with van der Waals surface area (Å²) in [4.78, 5) is 22.3. The van der Waals surface area contributed by atoms with Gasteiger partial charge in [0.25, 0.3) is 5.69 Å². The maximum Gasteiger partial charge on any atom is 0.409 e. The number of nitro groups is 1. The average Bonchev–Trinajstić information content (AvgIpc) is 2.41. The van der Waals surface area contributed by atoms with Gasteiger partial charge in [-0.1, -0.05) is 20.8 Å². The van der Waals surface area contributed by atoms with Gasteiger partial charge >= 0.3 is 5.43 Å². The summed E-state index contributed by atoms with van der Waals surface area (Å²) in [5, 5.41) is 10.2. The number of carbonyl (C=O) groups excluding carboxylic acids is 1. The zero-order chi connectivity index (χ0) is 15.5. The Labute approximate surface area is 123 Å². The van der Waals surface area contributed by atoms with Gasteiger partial charge in [0, 0.05) is 23.7 Å². The first-order valence-corrected chi connectivity index (χ1v) is 6.66. The lowest BCUT2D eigenvalue weighted by Gasteiger charge is -2.13. The minimum atomic E-state index is -0.978. The molecule has 0 spiro atoms. The zero-order valence-corrected chi connectivity index (χ0v) is 12.6. The number of hydrogen-bond donors (Lipinski definition) is 0. The molecule has 112 valence electrons. The number of rotatable bonds is 5. The molecule has 0 unspecified atom stereocenters. The first kappa shape index (κ1) is 18.3. The lowest BCUT2D eigenvalue weighted by Crippen LogP contribution is -2.21. The van der Waals surface area contributed by atoms with Crippen LogP contribution in [0.5, 0.6) is 5.75 Å². The number of nitrogens with zero attached hydrogens (tertiary/aromatic N) is 2. The topological polar surface area (TPSA) is 72.7 Å². The molecule has 0 aromatic heterocycles. The summed E-state index contributed by atoms with van der Waals surface area (Å²) in [7, 11) is 0. The third kappa shape index (κ3) is 7.70. The number of ether oxygens (including phenoxy) is 1. The quantitative estimate of drug-likeness (QED) is 0.471. The van der Waals surface area contributed by atoms with E-state index in [1.165, 1.54) is 43.9 Å². The fourth-order valence-electron chi connectivity index (χ4n) is 1.40. The molecule has 0 aliphatic heterocycles. The van der Waals surface area contributed by atoms with E-state index in [0.29, 0.717) is 0 Å². The van der Waals surface area contributed by atoms with Crippen LogP contribution in [-0.2, 0) is 0 Å². The van der Waals surface area contributed by atoms with Crippen molar-refractivity contribution < 1.29 is 14.5 Å². The van der Waals surface area contributed by atoms with Crippen LogP contribution < -0.4 is 4.74 Å². The first-order valence-electron chi connectivity index (χ1n) is 6.28. The molecule has 6 nitrogen and oxygen atoms in total. The van der Waals surface area contributed by atoms with Crippen molar-refractivity contribution >= 4 is 22.7 Å². The third-order valence-electron chi connectivity index (χ3n) is 2.59. The second kappa shape index (κ2) is 10.2. The van der Waals surface area contributed by atoms with Gasteiger partial charge in [0.05, 0.1) is 4.92 Å². The summed E-state index contributed by atoms with van der Waals surface area (Å²) in [5.74, 6) is 0.172. The van der Waals surface area contributed by atoms with Gasteiger partial charge in [0.15, 0.2) is 0 Å². The van der Waals surface area contributed by atoms with Crippen LogP contribution in [0, 0.1) is 10.1 Å². The molecule has 7 heteroatoms. The second-order valence-corrected chi connectivity index (χ2v) is 4.02. The molecule has 1 aromatic carbocycles. The Bertz CT molecular complexity index is 413. The molecule has 0 saturated heterocycles. The highest BCUT2D eigenvalue weighted by molar-refractivity contribution is 6.61. The highest BCUT2D eigenvalue weighted by Gasteiger charge is 2.05. The molecule has 0 heterocycles. The first-order chi connectivity index (χ1) is 9.44. The molecule has 0 N–H and O–H groups in total. The number of halogens is 1. The van der Waals surface area contributed by atoms with Gasteiger partial charge in [-0.15, -0.1) is 0 Å². The van der Waals surface area contributed by atoms with Crippen molar-refractivity contribution in [2.45, 2.75) is 20.8 Å². The van der Waals surface area contributed by atoms with Gasteiger partial charge < -0.3 is 9.64 Å². The monoisotopic (exact) mass is 302 g/mol. The molecular weight excluding hydrogens is 284 g/mol. The fourth-order valence-corrected chi connectivity index (χ4v) is 1.49. The third-order valence-corrected chi connectivity index (χ3v) is 2.66. The van der Waals surface area contributed by atoms with Crippen LogP contribution in [0.1, 0.15) is 20.8 Å². The van der Waals surface area contributed by atoms with Gasteiger partial charge in [-0.25, -0.2) is 4.79 Å². The van der Waals surface area contributed by atoms with Crippen molar-refractivity contribution in [1.82, 2.24) is 4.90 Å². The Hall–Kier alpha value is -1.66. The average molecular weight is 303 g/mol. The SMILES string of the molecule is CCN(CC)CC.O=C(Cl)Oc1ccc([N+](=O)[O-])cc1. The normalized spacial score (nSPS) is 9.65. The van der Waals surface area contributed by atoms with Crippen LogP contribution >= 0.6 is 11.6 Å². The Morgan fingerprint density at radius 2 is 1.65 bits per heavy atom. The molecule has 0 aliphatic rings. The summed E-state index contributed by atoms with van der Waals surface area (Å²) < 4.78 is 4.45. The highest BCUT2D eigenvalue weighted by Crippen LogP contribution is 2.17. The molecule has 0 bridgehead atoms. The van der Waals surface area contributed by atoms with Gasteiger partial charge in [-0.3, -0.25) is 10.1 Å². The van der Waals surface area contributed by atoms with E-state index in [4.69, 9.17) is 11.6 Å². The Kier molecular flexibility index (Phi) is 9.32. The molecule has 1 aromatic rings. The molecule has 1 rings (SSSR count). The van der Waals surface area contributed by atoms with Crippen LogP contribution in [-0.4, -0.2) is 34.9 Å². The van der Waals surface area contributed by atoms with E-state index >= 15 is 0 Å². The minimum Gasteiger partial charge on any atom is -0.414 e. The van der Waals surface area contributed by atoms with Crippen molar-refractivity contribution in [1.29, 1.82) is 0 Å². The molecule has 0 radical (unpaired) electrons. The van der Waals surface area contributed by atoms with E-state index in [0.717, 1.165) is 0 Å². The van der Waals surface area contributed by atoms with Gasteiger partial charge in [0.1, 0.15) is 5.75 Å². The Morgan fingerprint density at radius 1 is 1.20 bits per heavy atom. The number of non-ortho nitro benzene ring substituents is 1. The van der Waals surface area contributed by atoms with Gasteiger partial charge in [-0.2, -0.15) is 0 Å². The summed E-state index contributed by atoms with van der Waals surface area (Å²) in [6, 6.07) is 5.02. The molecule has 0 atom stereocenters. The van der Waals surface area contributed by atoms with Crippen LogP contribution in [0.15, 0.2) is 24.3 Å². The maximum absolute atomic E-state index is 10.2. The van der Waals surface area contributed by atoms with Crippen molar-refractivity contribution in [2.75, 3.05) is 19.6 Å². The molecule has 0 fully saturated rings. The highest BCUT2D eigenvalue weighted by atomic mass is 35.5. The van der Waals surface area contributed by atoms with Crippen LogP contribution in [0.4, 0.5) is 10.5 Å². The van der Waals surface area contributed by atoms with E-state index in [-0.39, 0.29) is 11.4 Å². The largest absolute Gasteiger partial charge is 0.414 e. The second-order valence-electron chi connectivity index (χ2n) is 3.71. The lowest BCUT2D eigenvalue weighted by atomic mass is 10.3. The van der Waals surface area contributed by atoms with Crippen LogP contribution in [0.2, 0.25) is 0 Å². The van der Waals surface area contributed by atoms with Crippen molar-refractivity contribution in [3.8, 4) is 5.75 Å². The Balaban J connectivity index is 0.000000441. The summed E-state index contributed by atoms with van der Waals surface area (Å²) in [5.41, 5.74) is -1.05. The minimum absolute atomic E-state index is 0.0747. The van der Waals surface area contributed by atoms with Crippen molar-refractivity contribution in [3.05, 3.63) is 34.4 Å². The summed E-state index contributed by atoms with van der Waals surface area (Å²) in [6.07, 6.45) is 0. The van der Waals surface area contributed by atoms with E-state index in [2.05, 4.69) is 30.4 Å². The smallest absolute Gasteiger partial charge is 0.409 e. The zero-order valence-electron chi connectivity index (χ0n) is 11.8. The summed E-state index contributed by atoms with van der Waals surface area (Å²) in [6.45, 7) is 10.1. The van der Waals surface area contributed by atoms with E-state index in [1.807, 2.05) is 0 Å². The van der Waals surface area contributed by atoms with Crippen molar-refractivity contribution in [2.24, 2.45) is 0 Å². The maximum atomic E-state index is 10.2. The number of hydrogen-bond acceptors (Lipinski definition) is 5. The van der Waals surface area contributed by atoms with Crippen LogP contribution in [0.25, 0.3) is 0 Å². The van der Waals surface area contributed by atoms with Crippen molar-refractivity contribution in [3.63, 3.8) is 0 Å². The predicted octanol–water partition coefficient (Wildman–Crippen LogP) is 3.68. The summed E-state index contributed by atoms with van der Waals surface area (Å²) >= 11 is 4.92. The van der Waals surface area contributed by atoms with E-state index in [9.17, 15) is 14.9 Å². The number of benzene rings is 1. The molecule has 0 amide bonds. The fraction of sp³-hybridized carbons (Fsp3) is 0.462. The standard InChI is InChI=1S/C7H4ClNO4.C6H15N/c8-7(10)13-6-3-1-5(2-4-6)9(11)12;1-4-7(5-2)6-3/h1-4H;4-6H2,1-3H3. The molecule has 20 heavy (non-hydrogen) atoms. The molecule has 0 saturated carbocycles. The number of nitro benzene ring substituents is 1. The molecule has 0 aliphatic carbocycles. The van der Waals surface area contributed by atoms with Gasteiger partial charge in [-0.05, 0) is 31.8 Å². The molecular formula is C13H19ClN2O4. The van der Waals surface area contributed by atoms with Crippen LogP contribution in [0.3, 0.4) is 0 Å². The van der Waals surface area contributed by atoms with E-state index < -0.39 is 10.4 Å². The lowest BCUT2D eigenvalue weighted by molar-refractivity contribution is -0.384. The predicted molar refractivity (Wildman–Crippen MR) is 78.4 cm³/mol. The number of carbonyl (C=O) groups is 1. The van der Waals surface area contributed by atoms with Gasteiger partial charge in [0.2, 0.25) is 0 Å². The van der Waals surface area contributed by atoms with E-state index in [1.54, 1.807) is 0 Å². The Morgan fingerprint density at radius 3 is 1.90 bits per heavy atom.